The van der Waals surface area contributed by atoms with E-state index in [9.17, 15) is 0 Å². The second kappa shape index (κ2) is 5.74. The molecule has 1 aliphatic rings. The van der Waals surface area contributed by atoms with Gasteiger partial charge in [-0.15, -0.1) is 0 Å². The molecule has 0 saturated carbocycles. The van der Waals surface area contributed by atoms with Gasteiger partial charge >= 0.3 is 0 Å². The lowest BCUT2D eigenvalue weighted by molar-refractivity contribution is 0.419. The molecule has 4 heteroatoms. The molecule has 108 valence electrons. The molecule has 0 atom stereocenters. The zero-order valence-corrected chi connectivity index (χ0v) is 13.0. The molecule has 20 heavy (non-hydrogen) atoms. The predicted octanol–water partition coefficient (Wildman–Crippen LogP) is 3.81. The molecule has 1 aromatic carbocycles. The molecule has 1 aliphatic heterocycles. The van der Waals surface area contributed by atoms with Gasteiger partial charge in [-0.3, -0.25) is 0 Å². The van der Waals surface area contributed by atoms with Crippen molar-refractivity contribution in [1.29, 1.82) is 0 Å². The molecule has 0 bridgehead atoms. The first kappa shape index (κ1) is 13.9. The zero-order chi connectivity index (χ0) is 14.1. The molecule has 0 radical (unpaired) electrons. The molecule has 0 spiro atoms. The Morgan fingerprint density at radius 3 is 2.80 bits per heavy atom. The number of hydrogen-bond acceptors (Lipinski definition) is 2. The van der Waals surface area contributed by atoms with Crippen LogP contribution in [0, 0.1) is 5.92 Å². The number of fused-ring (bicyclic) bond motifs is 1. The summed E-state index contributed by atoms with van der Waals surface area (Å²) in [7, 11) is 0. The van der Waals surface area contributed by atoms with Crippen LogP contribution in [0.1, 0.15) is 38.4 Å². The van der Waals surface area contributed by atoms with Gasteiger partial charge in [-0.1, -0.05) is 25.4 Å². The van der Waals surface area contributed by atoms with Crippen LogP contribution in [0.2, 0.25) is 5.02 Å². The fraction of sp³-hybridized carbons (Fsp3) is 0.562. The van der Waals surface area contributed by atoms with Gasteiger partial charge in [0.15, 0.2) is 0 Å². The number of halogens is 1. The summed E-state index contributed by atoms with van der Waals surface area (Å²) in [4.78, 5) is 4.90. The summed E-state index contributed by atoms with van der Waals surface area (Å²) >= 11 is 6.11. The second-order valence-electron chi connectivity index (χ2n) is 6.13. The van der Waals surface area contributed by atoms with Crippen LogP contribution in [0.4, 0.5) is 0 Å². The number of aromatic nitrogens is 2. The van der Waals surface area contributed by atoms with Crippen LogP contribution in [0.15, 0.2) is 18.2 Å². The number of imidazole rings is 1. The van der Waals surface area contributed by atoms with Crippen molar-refractivity contribution in [2.75, 3.05) is 13.1 Å². The lowest BCUT2D eigenvalue weighted by Gasteiger charge is -2.23. The van der Waals surface area contributed by atoms with Gasteiger partial charge in [0.05, 0.1) is 11.0 Å². The van der Waals surface area contributed by atoms with Crippen LogP contribution < -0.4 is 5.32 Å². The minimum Gasteiger partial charge on any atom is -0.327 e. The van der Waals surface area contributed by atoms with Gasteiger partial charge < -0.3 is 9.88 Å². The first-order valence-corrected chi connectivity index (χ1v) is 7.89. The van der Waals surface area contributed by atoms with Gasteiger partial charge in [0.1, 0.15) is 5.82 Å². The van der Waals surface area contributed by atoms with E-state index in [1.165, 1.54) is 24.2 Å². The summed E-state index contributed by atoms with van der Waals surface area (Å²) in [5.41, 5.74) is 2.25. The van der Waals surface area contributed by atoms with E-state index in [2.05, 4.69) is 29.8 Å². The van der Waals surface area contributed by atoms with Gasteiger partial charge in [-0.05, 0) is 50.0 Å². The van der Waals surface area contributed by atoms with Gasteiger partial charge in [-0.2, -0.15) is 0 Å². The summed E-state index contributed by atoms with van der Waals surface area (Å²) in [5, 5.41) is 4.20. The lowest BCUT2D eigenvalue weighted by Crippen LogP contribution is -2.28. The molecule has 3 nitrogen and oxygen atoms in total. The number of hydrogen-bond donors (Lipinski definition) is 1. The molecule has 2 aromatic rings. The van der Waals surface area contributed by atoms with Crippen molar-refractivity contribution in [3.05, 3.63) is 29.0 Å². The Labute approximate surface area is 125 Å². The predicted molar refractivity (Wildman–Crippen MR) is 84.4 cm³/mol. The summed E-state index contributed by atoms with van der Waals surface area (Å²) in [6.07, 6.45) is 2.35. The van der Waals surface area contributed by atoms with Crippen LogP contribution in [-0.2, 0) is 6.54 Å². The smallest absolute Gasteiger partial charge is 0.113 e. The molecule has 2 heterocycles. The van der Waals surface area contributed by atoms with Crippen molar-refractivity contribution in [3.8, 4) is 0 Å². The summed E-state index contributed by atoms with van der Waals surface area (Å²) in [6.45, 7) is 7.73. The Balaban J connectivity index is 2.08. The van der Waals surface area contributed by atoms with E-state index in [1.807, 2.05) is 12.1 Å². The highest BCUT2D eigenvalue weighted by molar-refractivity contribution is 6.31. The standard InChI is InChI=1S/C16H22ClN3/c1-11(2)10-20-15-4-3-13(17)9-14(15)19-16(20)12-5-7-18-8-6-12/h3-4,9,11-12,18H,5-8,10H2,1-2H3. The Kier molecular flexibility index (Phi) is 3.99. The third kappa shape index (κ3) is 2.70. The largest absolute Gasteiger partial charge is 0.327 e. The van der Waals surface area contributed by atoms with E-state index < -0.39 is 0 Å². The third-order valence-electron chi connectivity index (χ3n) is 3.99. The number of piperidine rings is 1. The minimum absolute atomic E-state index is 0.571. The molecule has 1 N–H and O–H groups in total. The highest BCUT2D eigenvalue weighted by Crippen LogP contribution is 2.30. The molecular formula is C16H22ClN3. The summed E-state index contributed by atoms with van der Waals surface area (Å²) < 4.78 is 2.41. The van der Waals surface area contributed by atoms with Crippen LogP contribution in [0.5, 0.6) is 0 Å². The normalized spacial score (nSPS) is 17.2. The molecule has 0 amide bonds. The monoisotopic (exact) mass is 291 g/mol. The highest BCUT2D eigenvalue weighted by atomic mass is 35.5. The average Bonchev–Trinajstić information content (AvgIpc) is 2.77. The maximum absolute atomic E-state index is 6.11. The van der Waals surface area contributed by atoms with Crippen LogP contribution in [-0.4, -0.2) is 22.6 Å². The van der Waals surface area contributed by atoms with Crippen molar-refractivity contribution >= 4 is 22.6 Å². The molecule has 1 fully saturated rings. The topological polar surface area (TPSA) is 29.9 Å². The third-order valence-corrected chi connectivity index (χ3v) is 4.23. The average molecular weight is 292 g/mol. The van der Waals surface area contributed by atoms with Crippen molar-refractivity contribution in [2.45, 2.75) is 39.2 Å². The molecule has 0 aliphatic carbocycles. The van der Waals surface area contributed by atoms with E-state index in [-0.39, 0.29) is 0 Å². The zero-order valence-electron chi connectivity index (χ0n) is 12.2. The highest BCUT2D eigenvalue weighted by Gasteiger charge is 2.22. The number of nitrogens with zero attached hydrogens (tertiary/aromatic N) is 2. The van der Waals surface area contributed by atoms with Crippen LogP contribution in [0.25, 0.3) is 11.0 Å². The number of benzene rings is 1. The van der Waals surface area contributed by atoms with Crippen molar-refractivity contribution < 1.29 is 0 Å². The number of rotatable bonds is 3. The first-order chi connectivity index (χ1) is 9.65. The fourth-order valence-corrected chi connectivity index (χ4v) is 3.24. The van der Waals surface area contributed by atoms with Gasteiger partial charge in [-0.25, -0.2) is 4.98 Å². The Bertz CT molecular complexity index is 597. The number of nitrogens with one attached hydrogen (secondary N) is 1. The SMILES string of the molecule is CC(C)Cn1c(C2CCNCC2)nc2cc(Cl)ccc21. The van der Waals surface area contributed by atoms with E-state index in [4.69, 9.17) is 16.6 Å². The van der Waals surface area contributed by atoms with Crippen LogP contribution in [0.3, 0.4) is 0 Å². The quantitative estimate of drug-likeness (QED) is 0.932. The Hall–Kier alpha value is -1.06. The van der Waals surface area contributed by atoms with Crippen molar-refractivity contribution in [3.63, 3.8) is 0 Å². The lowest BCUT2D eigenvalue weighted by atomic mass is 9.97. The molecule has 3 rings (SSSR count). The van der Waals surface area contributed by atoms with Gasteiger partial charge in [0.2, 0.25) is 0 Å². The molecular weight excluding hydrogens is 270 g/mol. The Morgan fingerprint density at radius 1 is 1.35 bits per heavy atom. The van der Waals surface area contributed by atoms with Crippen molar-refractivity contribution in [1.82, 2.24) is 14.9 Å². The molecule has 1 aromatic heterocycles. The van der Waals surface area contributed by atoms with Gasteiger partial charge in [0, 0.05) is 17.5 Å². The first-order valence-electron chi connectivity index (χ1n) is 7.51. The van der Waals surface area contributed by atoms with Crippen LogP contribution >= 0.6 is 11.6 Å². The summed E-state index contributed by atoms with van der Waals surface area (Å²) in [6, 6.07) is 6.06. The maximum atomic E-state index is 6.11. The van der Waals surface area contributed by atoms with Gasteiger partial charge in [0.25, 0.3) is 0 Å². The Morgan fingerprint density at radius 2 is 2.10 bits per heavy atom. The maximum Gasteiger partial charge on any atom is 0.113 e. The minimum atomic E-state index is 0.571. The van der Waals surface area contributed by atoms with E-state index in [0.717, 1.165) is 30.2 Å². The second-order valence-corrected chi connectivity index (χ2v) is 6.57. The van der Waals surface area contributed by atoms with Crippen molar-refractivity contribution in [2.24, 2.45) is 5.92 Å². The molecule has 1 saturated heterocycles. The molecule has 0 unspecified atom stereocenters. The fourth-order valence-electron chi connectivity index (χ4n) is 3.07. The summed E-state index contributed by atoms with van der Waals surface area (Å²) in [5.74, 6) is 2.43. The van der Waals surface area contributed by atoms with E-state index in [0.29, 0.717) is 11.8 Å². The van der Waals surface area contributed by atoms with E-state index in [1.54, 1.807) is 0 Å². The van der Waals surface area contributed by atoms with E-state index >= 15 is 0 Å².